The Bertz CT molecular complexity index is 249. The predicted octanol–water partition coefficient (Wildman–Crippen LogP) is 1.78. The lowest BCUT2D eigenvalue weighted by atomic mass is 10.3. The van der Waals surface area contributed by atoms with E-state index in [1.165, 1.54) is 0 Å². The average molecular weight is 215 g/mol. The monoisotopic (exact) mass is 215 g/mol. The van der Waals surface area contributed by atoms with Crippen LogP contribution >= 0.6 is 11.8 Å². The maximum absolute atomic E-state index is 9.37. The van der Waals surface area contributed by atoms with Crippen molar-refractivity contribution in [1.82, 2.24) is 0 Å². The molecule has 0 saturated heterocycles. The highest BCUT2D eigenvalue weighted by molar-refractivity contribution is 8.00. The molecule has 0 saturated carbocycles. The van der Waals surface area contributed by atoms with E-state index in [0.717, 1.165) is 5.76 Å². The lowest BCUT2D eigenvalue weighted by Gasteiger charge is -2.19. The molecule has 0 radical (unpaired) electrons. The van der Waals surface area contributed by atoms with Crippen LogP contribution in [0.5, 0.6) is 0 Å². The van der Waals surface area contributed by atoms with Gasteiger partial charge in [0.05, 0.1) is 17.6 Å². The summed E-state index contributed by atoms with van der Waals surface area (Å²) < 4.78 is 5.28. The van der Waals surface area contributed by atoms with Gasteiger partial charge in [0, 0.05) is 11.8 Å². The van der Waals surface area contributed by atoms with Crippen LogP contribution in [-0.4, -0.2) is 23.0 Å². The Morgan fingerprint density at radius 1 is 1.57 bits per heavy atom. The summed E-state index contributed by atoms with van der Waals surface area (Å²) in [4.78, 5) is 0. The van der Waals surface area contributed by atoms with Crippen molar-refractivity contribution in [2.75, 3.05) is 6.54 Å². The zero-order valence-electron chi connectivity index (χ0n) is 8.51. The molecule has 3 unspecified atom stereocenters. The van der Waals surface area contributed by atoms with Gasteiger partial charge in [-0.15, -0.1) is 11.8 Å². The Labute approximate surface area is 88.7 Å². The van der Waals surface area contributed by atoms with Crippen LogP contribution in [0.1, 0.15) is 24.9 Å². The quantitative estimate of drug-likeness (QED) is 0.786. The van der Waals surface area contributed by atoms with E-state index >= 15 is 0 Å². The second kappa shape index (κ2) is 5.44. The van der Waals surface area contributed by atoms with E-state index in [1.54, 1.807) is 24.9 Å². The van der Waals surface area contributed by atoms with Gasteiger partial charge in [0.15, 0.2) is 0 Å². The molecule has 14 heavy (non-hydrogen) atoms. The van der Waals surface area contributed by atoms with Crippen LogP contribution in [0, 0.1) is 0 Å². The minimum Gasteiger partial charge on any atom is -0.468 e. The van der Waals surface area contributed by atoms with Gasteiger partial charge in [0.1, 0.15) is 5.76 Å². The number of hydrogen-bond acceptors (Lipinski definition) is 4. The molecule has 80 valence electrons. The first-order valence-corrected chi connectivity index (χ1v) is 5.66. The van der Waals surface area contributed by atoms with Crippen LogP contribution in [0.15, 0.2) is 22.8 Å². The Balaban J connectivity index is 2.56. The van der Waals surface area contributed by atoms with E-state index in [0.29, 0.717) is 6.54 Å². The SMILES string of the molecule is CC(O)C(C)SC(CN)c1ccco1. The highest BCUT2D eigenvalue weighted by Gasteiger charge is 2.19. The number of hydrogen-bond donors (Lipinski definition) is 2. The Hall–Kier alpha value is -0.450. The smallest absolute Gasteiger partial charge is 0.118 e. The van der Waals surface area contributed by atoms with Crippen LogP contribution < -0.4 is 5.73 Å². The van der Waals surface area contributed by atoms with Gasteiger partial charge < -0.3 is 15.3 Å². The minimum absolute atomic E-state index is 0.134. The molecule has 0 spiro atoms. The molecule has 1 rings (SSSR count). The first-order chi connectivity index (χ1) is 6.65. The molecular weight excluding hydrogens is 198 g/mol. The van der Waals surface area contributed by atoms with E-state index in [9.17, 15) is 5.11 Å². The molecule has 3 nitrogen and oxygen atoms in total. The van der Waals surface area contributed by atoms with E-state index < -0.39 is 0 Å². The van der Waals surface area contributed by atoms with E-state index in [-0.39, 0.29) is 16.6 Å². The van der Waals surface area contributed by atoms with Crippen LogP contribution in [0.25, 0.3) is 0 Å². The molecule has 1 heterocycles. The molecule has 0 aromatic carbocycles. The third kappa shape index (κ3) is 3.04. The standard InChI is InChI=1S/C10H17NO2S/c1-7(12)8(2)14-10(6-11)9-4-3-5-13-9/h3-5,7-8,10,12H,6,11H2,1-2H3. The maximum atomic E-state index is 9.37. The largest absolute Gasteiger partial charge is 0.468 e. The fourth-order valence-corrected chi connectivity index (χ4v) is 2.21. The zero-order valence-corrected chi connectivity index (χ0v) is 9.33. The highest BCUT2D eigenvalue weighted by atomic mass is 32.2. The number of aliphatic hydroxyl groups is 1. The van der Waals surface area contributed by atoms with Crippen LogP contribution in [0.2, 0.25) is 0 Å². The maximum Gasteiger partial charge on any atom is 0.118 e. The lowest BCUT2D eigenvalue weighted by molar-refractivity contribution is 0.196. The molecule has 0 bridgehead atoms. The Kier molecular flexibility index (Phi) is 4.51. The molecule has 0 amide bonds. The first-order valence-electron chi connectivity index (χ1n) is 4.72. The molecule has 0 aliphatic carbocycles. The first kappa shape index (κ1) is 11.6. The van der Waals surface area contributed by atoms with Crippen molar-refractivity contribution in [1.29, 1.82) is 0 Å². The van der Waals surface area contributed by atoms with Crippen molar-refractivity contribution in [3.05, 3.63) is 24.2 Å². The molecule has 0 fully saturated rings. The summed E-state index contributed by atoms with van der Waals surface area (Å²) in [6, 6.07) is 3.77. The normalized spacial score (nSPS) is 17.7. The van der Waals surface area contributed by atoms with Gasteiger partial charge in [-0.3, -0.25) is 0 Å². The summed E-state index contributed by atoms with van der Waals surface area (Å²) in [5, 5.41) is 9.67. The molecule has 0 aliphatic rings. The van der Waals surface area contributed by atoms with Gasteiger partial charge in [-0.2, -0.15) is 0 Å². The number of nitrogens with two attached hydrogens (primary N) is 1. The van der Waals surface area contributed by atoms with Crippen molar-refractivity contribution >= 4 is 11.8 Å². The van der Waals surface area contributed by atoms with Crippen LogP contribution in [0.3, 0.4) is 0 Å². The lowest BCUT2D eigenvalue weighted by Crippen LogP contribution is -2.19. The fourth-order valence-electron chi connectivity index (χ4n) is 1.09. The summed E-state index contributed by atoms with van der Waals surface area (Å²) in [6.45, 7) is 4.30. The fraction of sp³-hybridized carbons (Fsp3) is 0.600. The van der Waals surface area contributed by atoms with Crippen molar-refractivity contribution in [2.24, 2.45) is 5.73 Å². The second-order valence-corrected chi connectivity index (χ2v) is 4.91. The Morgan fingerprint density at radius 2 is 2.29 bits per heavy atom. The van der Waals surface area contributed by atoms with Gasteiger partial charge in [-0.1, -0.05) is 6.92 Å². The molecule has 1 aromatic heterocycles. The number of thioether (sulfide) groups is 1. The average Bonchev–Trinajstić information content (AvgIpc) is 2.66. The van der Waals surface area contributed by atoms with Crippen molar-refractivity contribution in [3.8, 4) is 0 Å². The summed E-state index contributed by atoms with van der Waals surface area (Å²) in [5.74, 6) is 0.880. The van der Waals surface area contributed by atoms with Gasteiger partial charge in [-0.05, 0) is 19.1 Å². The van der Waals surface area contributed by atoms with Crippen molar-refractivity contribution in [2.45, 2.75) is 30.5 Å². The third-order valence-corrected chi connectivity index (χ3v) is 3.71. The van der Waals surface area contributed by atoms with Gasteiger partial charge in [0.25, 0.3) is 0 Å². The van der Waals surface area contributed by atoms with Gasteiger partial charge in [-0.25, -0.2) is 0 Å². The molecule has 4 heteroatoms. The third-order valence-electron chi connectivity index (χ3n) is 2.13. The summed E-state index contributed by atoms with van der Waals surface area (Å²) >= 11 is 1.64. The molecule has 3 N–H and O–H groups in total. The van der Waals surface area contributed by atoms with E-state index in [2.05, 4.69) is 0 Å². The minimum atomic E-state index is -0.330. The van der Waals surface area contributed by atoms with Crippen molar-refractivity contribution < 1.29 is 9.52 Å². The zero-order chi connectivity index (χ0) is 10.6. The highest BCUT2D eigenvalue weighted by Crippen LogP contribution is 2.32. The van der Waals surface area contributed by atoms with Crippen LogP contribution in [-0.2, 0) is 0 Å². The molecule has 1 aromatic rings. The second-order valence-electron chi connectivity index (χ2n) is 3.32. The summed E-state index contributed by atoms with van der Waals surface area (Å²) in [7, 11) is 0. The van der Waals surface area contributed by atoms with Gasteiger partial charge >= 0.3 is 0 Å². The topological polar surface area (TPSA) is 59.4 Å². The number of aliphatic hydroxyl groups excluding tert-OH is 1. The van der Waals surface area contributed by atoms with E-state index in [1.807, 2.05) is 19.1 Å². The van der Waals surface area contributed by atoms with E-state index in [4.69, 9.17) is 10.2 Å². The van der Waals surface area contributed by atoms with Crippen LogP contribution in [0.4, 0.5) is 0 Å². The Morgan fingerprint density at radius 3 is 2.71 bits per heavy atom. The van der Waals surface area contributed by atoms with Crippen molar-refractivity contribution in [3.63, 3.8) is 0 Å². The number of furan rings is 1. The summed E-state index contributed by atoms with van der Waals surface area (Å²) in [6.07, 6.45) is 1.31. The molecule has 3 atom stereocenters. The molecule has 0 aliphatic heterocycles. The number of rotatable bonds is 5. The molecular formula is C10H17NO2S. The predicted molar refractivity (Wildman–Crippen MR) is 59.2 cm³/mol. The van der Waals surface area contributed by atoms with Gasteiger partial charge in [0.2, 0.25) is 0 Å². The summed E-state index contributed by atoms with van der Waals surface area (Å²) in [5.41, 5.74) is 5.65.